The van der Waals surface area contributed by atoms with Crippen molar-refractivity contribution in [3.8, 4) is 0 Å². The van der Waals surface area contributed by atoms with E-state index in [4.69, 9.17) is 5.73 Å². The fourth-order valence-corrected chi connectivity index (χ4v) is 2.86. The van der Waals surface area contributed by atoms with E-state index < -0.39 is 15.8 Å². The molecule has 0 unspecified atom stereocenters. The molecule has 1 aromatic heterocycles. The zero-order valence-electron chi connectivity index (χ0n) is 10.1. The number of sulfonamides is 1. The minimum absolute atomic E-state index is 0.0192. The third-order valence-corrected chi connectivity index (χ3v) is 4.01. The highest BCUT2D eigenvalue weighted by atomic mass is 32.2. The normalized spacial score (nSPS) is 11.3. The highest BCUT2D eigenvalue weighted by molar-refractivity contribution is 7.92. The summed E-state index contributed by atoms with van der Waals surface area (Å²) in [6, 6.07) is 6.46. The van der Waals surface area contributed by atoms with E-state index in [0.29, 0.717) is 11.4 Å². The van der Waals surface area contributed by atoms with E-state index in [1.807, 2.05) is 0 Å². The highest BCUT2D eigenvalue weighted by Crippen LogP contribution is 2.19. The molecule has 0 fully saturated rings. The van der Waals surface area contributed by atoms with Gasteiger partial charge in [0, 0.05) is 0 Å². The Hall–Kier alpha value is -2.15. The van der Waals surface area contributed by atoms with Gasteiger partial charge in [0.2, 0.25) is 0 Å². The molecular weight excluding hydrogens is 269 g/mol. The number of nitrogens with one attached hydrogen (secondary N) is 1. The molecular formula is C12H12FN3O2S. The van der Waals surface area contributed by atoms with E-state index in [0.717, 1.165) is 12.1 Å². The van der Waals surface area contributed by atoms with E-state index in [2.05, 4.69) is 9.71 Å². The Morgan fingerprint density at radius 1 is 1.26 bits per heavy atom. The van der Waals surface area contributed by atoms with Gasteiger partial charge in [0.1, 0.15) is 11.6 Å². The Balaban J connectivity index is 2.35. The van der Waals surface area contributed by atoms with Crippen molar-refractivity contribution < 1.29 is 12.8 Å². The number of halogens is 1. The summed E-state index contributed by atoms with van der Waals surface area (Å²) in [5.41, 5.74) is 6.03. The molecule has 7 heteroatoms. The van der Waals surface area contributed by atoms with Crippen LogP contribution in [0.5, 0.6) is 0 Å². The Morgan fingerprint density at radius 3 is 2.58 bits per heavy atom. The van der Waals surface area contributed by atoms with E-state index >= 15 is 0 Å². The number of rotatable bonds is 3. The lowest BCUT2D eigenvalue weighted by atomic mass is 10.2. The summed E-state index contributed by atoms with van der Waals surface area (Å²) in [4.78, 5) is 3.80. The summed E-state index contributed by atoms with van der Waals surface area (Å²) in [5.74, 6) is -0.188. The van der Waals surface area contributed by atoms with Crippen LogP contribution in [0.2, 0.25) is 0 Å². The van der Waals surface area contributed by atoms with Crippen LogP contribution in [0.1, 0.15) is 5.56 Å². The maximum absolute atomic E-state index is 13.0. The van der Waals surface area contributed by atoms with Gasteiger partial charge in [0.25, 0.3) is 10.0 Å². The number of hydrogen-bond donors (Lipinski definition) is 2. The third kappa shape index (κ3) is 3.00. The molecule has 0 spiro atoms. The zero-order valence-corrected chi connectivity index (χ0v) is 10.9. The van der Waals surface area contributed by atoms with Crippen molar-refractivity contribution in [1.29, 1.82) is 0 Å². The van der Waals surface area contributed by atoms with Gasteiger partial charge in [-0.2, -0.15) is 0 Å². The topological polar surface area (TPSA) is 85.1 Å². The largest absolute Gasteiger partial charge is 0.384 e. The standard InChI is InChI=1S/C12H12FN3O2S/c1-8-6-9(13)2-4-11(8)19(17,18)16-10-3-5-12(14)15-7-10/h2-7,16H,1H3,(H2,14,15). The van der Waals surface area contributed by atoms with E-state index in [1.165, 1.54) is 31.3 Å². The summed E-state index contributed by atoms with van der Waals surface area (Å²) >= 11 is 0. The van der Waals surface area contributed by atoms with Gasteiger partial charge in [0.15, 0.2) is 0 Å². The van der Waals surface area contributed by atoms with Crippen molar-refractivity contribution in [2.75, 3.05) is 10.5 Å². The molecule has 0 saturated carbocycles. The molecule has 0 aliphatic heterocycles. The lowest BCUT2D eigenvalue weighted by Crippen LogP contribution is -2.14. The first-order valence-electron chi connectivity index (χ1n) is 5.39. The van der Waals surface area contributed by atoms with Crippen molar-refractivity contribution in [1.82, 2.24) is 4.98 Å². The number of benzene rings is 1. The van der Waals surface area contributed by atoms with Crippen LogP contribution in [0.25, 0.3) is 0 Å². The number of aryl methyl sites for hydroxylation is 1. The van der Waals surface area contributed by atoms with Crippen molar-refractivity contribution in [3.05, 3.63) is 47.9 Å². The van der Waals surface area contributed by atoms with Crippen LogP contribution in [0.4, 0.5) is 15.9 Å². The fraction of sp³-hybridized carbons (Fsp3) is 0.0833. The lowest BCUT2D eigenvalue weighted by Gasteiger charge is -2.10. The molecule has 0 aliphatic rings. The van der Waals surface area contributed by atoms with Crippen molar-refractivity contribution in [2.24, 2.45) is 0 Å². The average Bonchev–Trinajstić information content (AvgIpc) is 2.31. The lowest BCUT2D eigenvalue weighted by molar-refractivity contribution is 0.598. The minimum Gasteiger partial charge on any atom is -0.384 e. The van der Waals surface area contributed by atoms with Crippen LogP contribution in [0, 0.1) is 12.7 Å². The summed E-state index contributed by atoms with van der Waals surface area (Å²) < 4.78 is 39.6. The van der Waals surface area contributed by atoms with Gasteiger partial charge >= 0.3 is 0 Å². The second-order valence-electron chi connectivity index (χ2n) is 3.99. The second-order valence-corrected chi connectivity index (χ2v) is 5.64. The molecule has 100 valence electrons. The number of anilines is 2. The summed E-state index contributed by atoms with van der Waals surface area (Å²) in [6.45, 7) is 1.53. The van der Waals surface area contributed by atoms with Crippen LogP contribution in [-0.2, 0) is 10.0 Å². The van der Waals surface area contributed by atoms with Crippen molar-refractivity contribution in [2.45, 2.75) is 11.8 Å². The van der Waals surface area contributed by atoms with Crippen LogP contribution < -0.4 is 10.5 Å². The molecule has 1 aromatic carbocycles. The van der Waals surface area contributed by atoms with Crippen LogP contribution in [-0.4, -0.2) is 13.4 Å². The van der Waals surface area contributed by atoms with Gasteiger partial charge in [0.05, 0.1) is 16.8 Å². The number of nitrogens with two attached hydrogens (primary N) is 1. The van der Waals surface area contributed by atoms with Crippen LogP contribution in [0.3, 0.4) is 0 Å². The molecule has 3 N–H and O–H groups in total. The predicted molar refractivity (Wildman–Crippen MR) is 70.6 cm³/mol. The molecule has 1 heterocycles. The monoisotopic (exact) mass is 281 g/mol. The first-order valence-corrected chi connectivity index (χ1v) is 6.87. The molecule has 5 nitrogen and oxygen atoms in total. The molecule has 0 aliphatic carbocycles. The molecule has 2 rings (SSSR count). The van der Waals surface area contributed by atoms with Crippen LogP contribution in [0.15, 0.2) is 41.4 Å². The number of nitrogen functional groups attached to an aromatic ring is 1. The van der Waals surface area contributed by atoms with Crippen LogP contribution >= 0.6 is 0 Å². The summed E-state index contributed by atoms with van der Waals surface area (Å²) in [7, 11) is -3.77. The smallest absolute Gasteiger partial charge is 0.262 e. The fourth-order valence-electron chi connectivity index (χ4n) is 1.59. The quantitative estimate of drug-likeness (QED) is 0.900. The van der Waals surface area contributed by atoms with Crippen molar-refractivity contribution >= 4 is 21.5 Å². The number of hydrogen-bond acceptors (Lipinski definition) is 4. The number of pyridine rings is 1. The van der Waals surface area contributed by atoms with E-state index in [1.54, 1.807) is 0 Å². The molecule has 0 amide bonds. The first kappa shape index (κ1) is 13.3. The van der Waals surface area contributed by atoms with Gasteiger partial charge < -0.3 is 5.73 Å². The molecule has 0 saturated heterocycles. The second kappa shape index (κ2) is 4.85. The highest BCUT2D eigenvalue weighted by Gasteiger charge is 2.17. The summed E-state index contributed by atoms with van der Waals surface area (Å²) in [5, 5.41) is 0. The van der Waals surface area contributed by atoms with E-state index in [-0.39, 0.29) is 10.6 Å². The van der Waals surface area contributed by atoms with Gasteiger partial charge in [-0.25, -0.2) is 17.8 Å². The van der Waals surface area contributed by atoms with E-state index in [9.17, 15) is 12.8 Å². The van der Waals surface area contributed by atoms with Crippen molar-refractivity contribution in [3.63, 3.8) is 0 Å². The molecule has 19 heavy (non-hydrogen) atoms. The first-order chi connectivity index (χ1) is 8.88. The van der Waals surface area contributed by atoms with Gasteiger partial charge in [-0.15, -0.1) is 0 Å². The number of aromatic nitrogens is 1. The molecule has 0 radical (unpaired) electrons. The van der Waals surface area contributed by atoms with Gasteiger partial charge in [-0.3, -0.25) is 4.72 Å². The van der Waals surface area contributed by atoms with Gasteiger partial charge in [-0.05, 0) is 42.8 Å². The predicted octanol–water partition coefficient (Wildman–Crippen LogP) is 1.91. The molecule has 0 bridgehead atoms. The molecule has 0 atom stereocenters. The number of nitrogens with zero attached hydrogens (tertiary/aromatic N) is 1. The minimum atomic E-state index is -3.77. The molecule has 2 aromatic rings. The Morgan fingerprint density at radius 2 is 2.00 bits per heavy atom. The SMILES string of the molecule is Cc1cc(F)ccc1S(=O)(=O)Nc1ccc(N)nc1. The maximum Gasteiger partial charge on any atom is 0.262 e. The van der Waals surface area contributed by atoms with Gasteiger partial charge in [-0.1, -0.05) is 0 Å². The Labute approximate surface area is 110 Å². The summed E-state index contributed by atoms with van der Waals surface area (Å²) in [6.07, 6.45) is 1.31. The Kier molecular flexibility index (Phi) is 3.39. The maximum atomic E-state index is 13.0. The third-order valence-electron chi connectivity index (χ3n) is 2.47. The zero-order chi connectivity index (χ0) is 14.0. The average molecular weight is 281 g/mol. The Bertz CT molecular complexity index is 699.